The molecule has 0 radical (unpaired) electrons. The molecule has 4 heteroatoms. The van der Waals surface area contributed by atoms with Crippen LogP contribution in [0.25, 0.3) is 0 Å². The number of rotatable bonds is 2. The summed E-state index contributed by atoms with van der Waals surface area (Å²) in [6.07, 6.45) is 0. The topological polar surface area (TPSA) is 18.5 Å². The molecule has 2 nitrogen and oxygen atoms in total. The third kappa shape index (κ3) is 2.97. The molecule has 0 aromatic carbocycles. The molecule has 1 saturated heterocycles. The lowest BCUT2D eigenvalue weighted by Gasteiger charge is -2.12. The minimum atomic E-state index is 0.323. The largest absolute Gasteiger partial charge is 0.478 e. The van der Waals surface area contributed by atoms with E-state index in [9.17, 15) is 0 Å². The predicted octanol–water partition coefficient (Wildman–Crippen LogP) is 1.50. The zero-order valence-electron chi connectivity index (χ0n) is 6.45. The normalized spacial score (nSPS) is 30.4. The van der Waals surface area contributed by atoms with Crippen LogP contribution in [0.5, 0.6) is 0 Å². The molecule has 11 heavy (non-hydrogen) atoms. The molecule has 0 N–H and O–H groups in total. The van der Waals surface area contributed by atoms with Crippen LogP contribution in [0, 0.1) is 11.8 Å². The monoisotopic (exact) mass is 192 g/mol. The van der Waals surface area contributed by atoms with Gasteiger partial charge >= 0.3 is 0 Å². The molecule has 1 aliphatic heterocycles. The van der Waals surface area contributed by atoms with E-state index in [0.717, 1.165) is 13.2 Å². The van der Waals surface area contributed by atoms with E-state index in [1.807, 2.05) is 0 Å². The Hall–Kier alpha value is 0.200. The lowest BCUT2D eigenvalue weighted by molar-refractivity contribution is 0.166. The van der Waals surface area contributed by atoms with E-state index in [1.165, 1.54) is 0 Å². The highest BCUT2D eigenvalue weighted by Gasteiger charge is 2.24. The van der Waals surface area contributed by atoms with Crippen molar-refractivity contribution in [2.24, 2.45) is 11.8 Å². The van der Waals surface area contributed by atoms with Crippen molar-refractivity contribution in [3.05, 3.63) is 0 Å². The van der Waals surface area contributed by atoms with Gasteiger partial charge in [0.05, 0.1) is 13.2 Å². The standard InChI is InChI=1S/C7H12O2S2/c1-5-2-8-3-6(5)4-9-7(10)11/h5-6H,2-4H2,1H3,(H,10,11). The number of ether oxygens (including phenoxy) is 2. The van der Waals surface area contributed by atoms with Gasteiger partial charge in [0.1, 0.15) is 0 Å². The average Bonchev–Trinajstić information content (AvgIpc) is 2.31. The van der Waals surface area contributed by atoms with Gasteiger partial charge in [-0.25, -0.2) is 0 Å². The second kappa shape index (κ2) is 4.28. The molecule has 0 saturated carbocycles. The fraction of sp³-hybridized carbons (Fsp3) is 0.857. The minimum absolute atomic E-state index is 0.323. The summed E-state index contributed by atoms with van der Waals surface area (Å²) in [6, 6.07) is 0. The molecule has 0 bridgehead atoms. The van der Waals surface area contributed by atoms with Crippen molar-refractivity contribution in [2.45, 2.75) is 6.92 Å². The number of hydrogen-bond donors (Lipinski definition) is 1. The van der Waals surface area contributed by atoms with Crippen LogP contribution < -0.4 is 0 Å². The van der Waals surface area contributed by atoms with Crippen LogP contribution >= 0.6 is 24.8 Å². The first-order chi connectivity index (χ1) is 5.20. The molecule has 0 aromatic rings. The lowest BCUT2D eigenvalue weighted by Crippen LogP contribution is -2.16. The Morgan fingerprint density at radius 3 is 2.91 bits per heavy atom. The van der Waals surface area contributed by atoms with Gasteiger partial charge in [0.2, 0.25) is 4.38 Å². The Morgan fingerprint density at radius 2 is 2.45 bits per heavy atom. The third-order valence-electron chi connectivity index (χ3n) is 1.94. The second-order valence-electron chi connectivity index (χ2n) is 2.85. The van der Waals surface area contributed by atoms with Crippen molar-refractivity contribution in [1.82, 2.24) is 0 Å². The summed E-state index contributed by atoms with van der Waals surface area (Å²) in [5.41, 5.74) is 0. The molecule has 0 aromatic heterocycles. The van der Waals surface area contributed by atoms with Gasteiger partial charge in [0.25, 0.3) is 0 Å². The second-order valence-corrected chi connectivity index (χ2v) is 3.93. The van der Waals surface area contributed by atoms with Gasteiger partial charge < -0.3 is 9.47 Å². The summed E-state index contributed by atoms with van der Waals surface area (Å²) in [5.74, 6) is 1.07. The molecule has 1 aliphatic rings. The Kier molecular flexibility index (Phi) is 3.62. The number of hydrogen-bond acceptors (Lipinski definition) is 3. The van der Waals surface area contributed by atoms with E-state index in [-0.39, 0.29) is 0 Å². The van der Waals surface area contributed by atoms with Gasteiger partial charge in [-0.15, -0.1) is 0 Å². The fourth-order valence-electron chi connectivity index (χ4n) is 1.10. The summed E-state index contributed by atoms with van der Waals surface area (Å²) in [5, 5.41) is 0. The molecular formula is C7H12O2S2. The van der Waals surface area contributed by atoms with E-state index >= 15 is 0 Å². The zero-order chi connectivity index (χ0) is 8.27. The quantitative estimate of drug-likeness (QED) is 0.528. The van der Waals surface area contributed by atoms with Crippen LogP contribution in [0.4, 0.5) is 0 Å². The Labute approximate surface area is 77.7 Å². The summed E-state index contributed by atoms with van der Waals surface area (Å²) in [7, 11) is 0. The van der Waals surface area contributed by atoms with Crippen LogP contribution in [0.1, 0.15) is 6.92 Å². The van der Waals surface area contributed by atoms with Crippen molar-refractivity contribution >= 4 is 29.2 Å². The fourth-order valence-corrected chi connectivity index (χ4v) is 1.24. The molecule has 0 amide bonds. The Bertz CT molecular complexity index is 149. The van der Waals surface area contributed by atoms with Crippen molar-refractivity contribution in [1.29, 1.82) is 0 Å². The van der Waals surface area contributed by atoms with E-state index in [0.29, 0.717) is 22.8 Å². The first-order valence-corrected chi connectivity index (χ1v) is 4.49. The molecule has 1 fully saturated rings. The summed E-state index contributed by atoms with van der Waals surface area (Å²) in [4.78, 5) is 0. The highest BCUT2D eigenvalue weighted by atomic mass is 32.1. The molecule has 2 unspecified atom stereocenters. The van der Waals surface area contributed by atoms with Crippen LogP contribution in [0.2, 0.25) is 0 Å². The molecule has 2 atom stereocenters. The van der Waals surface area contributed by atoms with Gasteiger partial charge in [0.15, 0.2) is 0 Å². The van der Waals surface area contributed by atoms with Crippen molar-refractivity contribution < 1.29 is 9.47 Å². The SMILES string of the molecule is CC1COCC1COC(=S)S. The zero-order valence-corrected chi connectivity index (χ0v) is 8.16. The lowest BCUT2D eigenvalue weighted by atomic mass is 10.00. The van der Waals surface area contributed by atoms with Crippen LogP contribution in [0.3, 0.4) is 0 Å². The summed E-state index contributed by atoms with van der Waals surface area (Å²) in [6.45, 7) is 4.43. The van der Waals surface area contributed by atoms with Gasteiger partial charge in [-0.1, -0.05) is 19.6 Å². The Morgan fingerprint density at radius 1 is 1.73 bits per heavy atom. The maximum Gasteiger partial charge on any atom is 0.216 e. The molecule has 0 spiro atoms. The minimum Gasteiger partial charge on any atom is -0.478 e. The van der Waals surface area contributed by atoms with E-state index in [1.54, 1.807) is 0 Å². The average molecular weight is 192 g/mol. The molecule has 1 heterocycles. The van der Waals surface area contributed by atoms with Gasteiger partial charge in [-0.3, -0.25) is 0 Å². The van der Waals surface area contributed by atoms with E-state index in [2.05, 4.69) is 31.8 Å². The highest BCUT2D eigenvalue weighted by molar-refractivity contribution is 8.10. The third-order valence-corrected chi connectivity index (χ3v) is 2.19. The first-order valence-electron chi connectivity index (χ1n) is 3.63. The predicted molar refractivity (Wildman–Crippen MR) is 51.0 cm³/mol. The van der Waals surface area contributed by atoms with Gasteiger partial charge in [-0.05, 0) is 18.1 Å². The number of thiol groups is 1. The molecule has 64 valence electrons. The molecule has 0 aliphatic carbocycles. The van der Waals surface area contributed by atoms with Crippen LogP contribution in [-0.4, -0.2) is 24.2 Å². The van der Waals surface area contributed by atoms with Crippen LogP contribution in [-0.2, 0) is 9.47 Å². The smallest absolute Gasteiger partial charge is 0.216 e. The summed E-state index contributed by atoms with van der Waals surface area (Å²) < 4.78 is 10.7. The maximum atomic E-state index is 5.25. The maximum absolute atomic E-state index is 5.25. The van der Waals surface area contributed by atoms with Crippen molar-refractivity contribution in [3.63, 3.8) is 0 Å². The van der Waals surface area contributed by atoms with E-state index < -0.39 is 0 Å². The van der Waals surface area contributed by atoms with Gasteiger partial charge in [-0.2, -0.15) is 0 Å². The molecular weight excluding hydrogens is 180 g/mol. The van der Waals surface area contributed by atoms with Gasteiger partial charge in [0, 0.05) is 12.5 Å². The molecule has 1 rings (SSSR count). The number of thiocarbonyl (C=S) groups is 1. The Balaban J connectivity index is 2.20. The van der Waals surface area contributed by atoms with Crippen molar-refractivity contribution in [3.8, 4) is 0 Å². The first kappa shape index (κ1) is 9.29. The summed E-state index contributed by atoms with van der Waals surface area (Å²) >= 11 is 8.54. The highest BCUT2D eigenvalue weighted by Crippen LogP contribution is 2.20. The van der Waals surface area contributed by atoms with Crippen molar-refractivity contribution in [2.75, 3.05) is 19.8 Å². The van der Waals surface area contributed by atoms with E-state index in [4.69, 9.17) is 9.47 Å². The van der Waals surface area contributed by atoms with Crippen LogP contribution in [0.15, 0.2) is 0 Å².